The highest BCUT2D eigenvalue weighted by molar-refractivity contribution is 5.59. The van der Waals surface area contributed by atoms with Crippen molar-refractivity contribution in [1.29, 1.82) is 0 Å². The van der Waals surface area contributed by atoms with Gasteiger partial charge >= 0.3 is 0 Å². The third-order valence-corrected chi connectivity index (χ3v) is 5.40. The van der Waals surface area contributed by atoms with Gasteiger partial charge in [-0.3, -0.25) is 4.79 Å². The minimum Gasteiger partial charge on any atom is -0.495 e. The third-order valence-electron chi connectivity index (χ3n) is 5.40. The normalized spacial score (nSPS) is 17.6. The number of anilines is 3. The Morgan fingerprint density at radius 2 is 1.57 bits per heavy atom. The van der Waals surface area contributed by atoms with E-state index >= 15 is 0 Å². The SMILES string of the molecule is COc1ccccc1N1CCN(c2nccc(N3CCN(C=O)CC3)n2)CC1. The van der Waals surface area contributed by atoms with Crippen LogP contribution in [0.3, 0.4) is 0 Å². The molecule has 2 aliphatic rings. The highest BCUT2D eigenvalue weighted by Gasteiger charge is 2.23. The van der Waals surface area contributed by atoms with Gasteiger partial charge < -0.3 is 24.3 Å². The zero-order valence-corrected chi connectivity index (χ0v) is 16.2. The Balaban J connectivity index is 1.40. The van der Waals surface area contributed by atoms with Gasteiger partial charge in [-0.2, -0.15) is 4.98 Å². The van der Waals surface area contributed by atoms with Crippen molar-refractivity contribution in [2.24, 2.45) is 0 Å². The molecule has 1 amide bonds. The summed E-state index contributed by atoms with van der Waals surface area (Å²) in [6, 6.07) is 10.1. The van der Waals surface area contributed by atoms with Crippen LogP contribution in [0.2, 0.25) is 0 Å². The van der Waals surface area contributed by atoms with E-state index in [1.165, 1.54) is 0 Å². The first kappa shape index (κ1) is 18.3. The van der Waals surface area contributed by atoms with Crippen molar-refractivity contribution in [2.75, 3.05) is 74.2 Å². The number of methoxy groups -OCH3 is 1. The van der Waals surface area contributed by atoms with E-state index in [1.54, 1.807) is 12.0 Å². The van der Waals surface area contributed by atoms with Crippen molar-refractivity contribution < 1.29 is 9.53 Å². The summed E-state index contributed by atoms with van der Waals surface area (Å²) >= 11 is 0. The minimum atomic E-state index is 0.737. The maximum atomic E-state index is 10.9. The number of carbonyl (C=O) groups excluding carboxylic acids is 1. The number of hydrogen-bond donors (Lipinski definition) is 0. The summed E-state index contributed by atoms with van der Waals surface area (Å²) < 4.78 is 5.50. The number of aromatic nitrogens is 2. The fraction of sp³-hybridized carbons (Fsp3) is 0.450. The van der Waals surface area contributed by atoms with Crippen LogP contribution in [-0.4, -0.2) is 80.7 Å². The molecular weight excluding hydrogens is 356 g/mol. The van der Waals surface area contributed by atoms with E-state index in [1.807, 2.05) is 30.5 Å². The molecule has 0 N–H and O–H groups in total. The van der Waals surface area contributed by atoms with Gasteiger partial charge in [-0.25, -0.2) is 4.98 Å². The maximum absolute atomic E-state index is 10.9. The number of amides is 1. The smallest absolute Gasteiger partial charge is 0.227 e. The second-order valence-corrected chi connectivity index (χ2v) is 6.99. The molecule has 4 rings (SSSR count). The van der Waals surface area contributed by atoms with Crippen LogP contribution in [0.5, 0.6) is 5.75 Å². The van der Waals surface area contributed by atoms with Crippen LogP contribution < -0.4 is 19.4 Å². The summed E-state index contributed by atoms with van der Waals surface area (Å²) in [6.45, 7) is 6.59. The molecular formula is C20H26N6O2. The highest BCUT2D eigenvalue weighted by atomic mass is 16.5. The van der Waals surface area contributed by atoms with Gasteiger partial charge in [-0.1, -0.05) is 12.1 Å². The van der Waals surface area contributed by atoms with Gasteiger partial charge in [-0.15, -0.1) is 0 Å². The number of benzene rings is 1. The topological polar surface area (TPSA) is 65.0 Å². The first-order chi connectivity index (χ1) is 13.8. The van der Waals surface area contributed by atoms with Crippen LogP contribution in [0, 0.1) is 0 Å². The van der Waals surface area contributed by atoms with Crippen LogP contribution in [0.1, 0.15) is 0 Å². The second-order valence-electron chi connectivity index (χ2n) is 6.99. The van der Waals surface area contributed by atoms with Crippen LogP contribution in [-0.2, 0) is 4.79 Å². The van der Waals surface area contributed by atoms with Crippen molar-refractivity contribution in [1.82, 2.24) is 14.9 Å². The molecule has 3 heterocycles. The van der Waals surface area contributed by atoms with Gasteiger partial charge in [0.2, 0.25) is 12.4 Å². The molecule has 2 fully saturated rings. The van der Waals surface area contributed by atoms with E-state index in [0.717, 1.165) is 82.0 Å². The van der Waals surface area contributed by atoms with Gasteiger partial charge in [0.1, 0.15) is 11.6 Å². The summed E-state index contributed by atoms with van der Waals surface area (Å²) in [5, 5.41) is 0. The molecule has 0 atom stereocenters. The van der Waals surface area contributed by atoms with E-state index in [9.17, 15) is 4.79 Å². The van der Waals surface area contributed by atoms with Crippen molar-refractivity contribution in [3.05, 3.63) is 36.5 Å². The molecule has 28 heavy (non-hydrogen) atoms. The molecule has 0 saturated carbocycles. The van der Waals surface area contributed by atoms with Crippen LogP contribution in [0.25, 0.3) is 0 Å². The van der Waals surface area contributed by atoms with E-state index in [-0.39, 0.29) is 0 Å². The Labute approximate surface area is 165 Å². The molecule has 0 spiro atoms. The van der Waals surface area contributed by atoms with Crippen LogP contribution >= 0.6 is 0 Å². The van der Waals surface area contributed by atoms with Crippen LogP contribution in [0.15, 0.2) is 36.5 Å². The summed E-state index contributed by atoms with van der Waals surface area (Å²) in [5.41, 5.74) is 1.13. The summed E-state index contributed by atoms with van der Waals surface area (Å²) in [7, 11) is 1.71. The van der Waals surface area contributed by atoms with E-state index in [0.29, 0.717) is 0 Å². The molecule has 8 nitrogen and oxygen atoms in total. The lowest BCUT2D eigenvalue weighted by molar-refractivity contribution is -0.118. The standard InChI is InChI=1S/C20H26N6O2/c1-28-18-5-3-2-4-17(18)24-12-14-26(15-13-24)20-21-7-6-19(22-20)25-10-8-23(16-27)9-11-25/h2-7,16H,8-15H2,1H3. The third kappa shape index (κ3) is 3.81. The lowest BCUT2D eigenvalue weighted by atomic mass is 10.2. The number of rotatable bonds is 5. The predicted octanol–water partition coefficient (Wildman–Crippen LogP) is 1.09. The molecule has 2 saturated heterocycles. The molecule has 2 aromatic rings. The number of carbonyl (C=O) groups is 1. The van der Waals surface area contributed by atoms with E-state index in [4.69, 9.17) is 9.72 Å². The largest absolute Gasteiger partial charge is 0.495 e. The molecule has 0 radical (unpaired) electrons. The first-order valence-corrected chi connectivity index (χ1v) is 9.69. The Bertz CT molecular complexity index is 801. The summed E-state index contributed by atoms with van der Waals surface area (Å²) in [6.07, 6.45) is 2.75. The number of nitrogens with zero attached hydrogens (tertiary/aromatic N) is 6. The average Bonchev–Trinajstić information content (AvgIpc) is 2.79. The number of piperazine rings is 2. The van der Waals surface area contributed by atoms with Gasteiger partial charge in [0.05, 0.1) is 12.8 Å². The fourth-order valence-electron chi connectivity index (χ4n) is 3.76. The van der Waals surface area contributed by atoms with Gasteiger partial charge in [0.25, 0.3) is 0 Å². The minimum absolute atomic E-state index is 0.737. The quantitative estimate of drug-likeness (QED) is 0.717. The van der Waals surface area contributed by atoms with Crippen LogP contribution in [0.4, 0.5) is 17.5 Å². The number of ether oxygens (including phenoxy) is 1. The molecule has 148 valence electrons. The zero-order valence-electron chi connectivity index (χ0n) is 16.2. The average molecular weight is 382 g/mol. The van der Waals surface area contributed by atoms with Gasteiger partial charge in [0.15, 0.2) is 0 Å². The Kier molecular flexibility index (Phi) is 5.45. The maximum Gasteiger partial charge on any atom is 0.227 e. The predicted molar refractivity (Wildman–Crippen MR) is 109 cm³/mol. The van der Waals surface area contributed by atoms with E-state index in [2.05, 4.69) is 25.8 Å². The number of para-hydroxylation sites is 2. The second kappa shape index (κ2) is 8.33. The molecule has 2 aliphatic heterocycles. The molecule has 1 aromatic heterocycles. The van der Waals surface area contributed by atoms with Gasteiger partial charge in [-0.05, 0) is 18.2 Å². The van der Waals surface area contributed by atoms with Crippen molar-refractivity contribution in [2.45, 2.75) is 0 Å². The lowest BCUT2D eigenvalue weighted by Gasteiger charge is -2.37. The summed E-state index contributed by atoms with van der Waals surface area (Å²) in [5.74, 6) is 2.61. The molecule has 0 aliphatic carbocycles. The highest BCUT2D eigenvalue weighted by Crippen LogP contribution is 2.29. The first-order valence-electron chi connectivity index (χ1n) is 9.69. The Morgan fingerprint density at radius 3 is 2.29 bits per heavy atom. The van der Waals surface area contributed by atoms with Crippen molar-refractivity contribution >= 4 is 23.9 Å². The Morgan fingerprint density at radius 1 is 0.893 bits per heavy atom. The van der Waals surface area contributed by atoms with Crippen molar-refractivity contribution in [3.63, 3.8) is 0 Å². The molecule has 1 aromatic carbocycles. The molecule has 8 heteroatoms. The fourth-order valence-corrected chi connectivity index (χ4v) is 3.76. The number of hydrogen-bond acceptors (Lipinski definition) is 7. The Hall–Kier alpha value is -3.03. The van der Waals surface area contributed by atoms with E-state index < -0.39 is 0 Å². The summed E-state index contributed by atoms with van der Waals surface area (Å²) in [4.78, 5) is 28.8. The van der Waals surface area contributed by atoms with Gasteiger partial charge in [0, 0.05) is 58.6 Å². The zero-order chi connectivity index (χ0) is 19.3. The monoisotopic (exact) mass is 382 g/mol. The molecule has 0 unspecified atom stereocenters. The molecule has 0 bridgehead atoms. The van der Waals surface area contributed by atoms with Crippen molar-refractivity contribution in [3.8, 4) is 5.75 Å². The lowest BCUT2D eigenvalue weighted by Crippen LogP contribution is -2.48.